The molecule has 0 saturated heterocycles. The first-order valence-electron chi connectivity index (χ1n) is 10.2. The third kappa shape index (κ3) is 3.43. The van der Waals surface area contributed by atoms with Crippen molar-refractivity contribution in [1.82, 2.24) is 9.55 Å². The molecule has 0 spiro atoms. The lowest BCUT2D eigenvalue weighted by molar-refractivity contribution is -0.0558. The normalized spacial score (nSPS) is 34.6. The lowest BCUT2D eigenvalue weighted by Crippen LogP contribution is -2.55. The first kappa shape index (κ1) is 21.1. The standard InChI is InChI=1S/C21H25Cl5N2S/c22-18-3-1-2-4-19(18)29(23,24,25,26)20(13-28-6-5-27-14-28)21-10-15-7-16(11-21)9-17(8-15)12-21/h1-6,14-17,20H,7-13H2. The van der Waals surface area contributed by atoms with Gasteiger partial charge >= 0.3 is 0 Å². The van der Waals surface area contributed by atoms with E-state index in [9.17, 15) is 0 Å². The molecule has 2 aromatic rings. The average molecular weight is 515 g/mol. The van der Waals surface area contributed by atoms with Crippen LogP contribution in [0.25, 0.3) is 0 Å². The lowest BCUT2D eigenvalue weighted by Gasteiger charge is -2.71. The van der Waals surface area contributed by atoms with E-state index in [-0.39, 0.29) is 10.7 Å². The van der Waals surface area contributed by atoms with Crippen LogP contribution in [0, 0.1) is 23.2 Å². The Morgan fingerprint density at radius 1 is 1.00 bits per heavy atom. The summed E-state index contributed by atoms with van der Waals surface area (Å²) < 4.78 is 2.01. The largest absolute Gasteiger partial charge is 0.336 e. The average Bonchev–Trinajstić information content (AvgIpc) is 3.11. The molecule has 160 valence electrons. The highest BCUT2D eigenvalue weighted by Crippen LogP contribution is 3.13. The number of hydrogen-bond donors (Lipinski definition) is 0. The van der Waals surface area contributed by atoms with Gasteiger partial charge in [-0.05, 0) is 122 Å². The fraction of sp³-hybridized carbons (Fsp3) is 0.571. The monoisotopic (exact) mass is 512 g/mol. The van der Waals surface area contributed by atoms with Crippen LogP contribution in [0.2, 0.25) is 5.02 Å². The van der Waals surface area contributed by atoms with Crippen LogP contribution in [-0.4, -0.2) is 14.8 Å². The lowest BCUT2D eigenvalue weighted by atomic mass is 9.48. The number of benzene rings is 1. The summed E-state index contributed by atoms with van der Waals surface area (Å²) in [5.41, 5.74) is -0.0905. The molecule has 8 heteroatoms. The Balaban J connectivity index is 1.70. The molecule has 4 aliphatic rings. The summed E-state index contributed by atoms with van der Waals surface area (Å²) in [6, 6.07) is 7.26. The fourth-order valence-corrected chi connectivity index (χ4v) is 15.6. The maximum Gasteiger partial charge on any atom is 0.0946 e. The molecule has 0 N–H and O–H groups in total. The van der Waals surface area contributed by atoms with E-state index >= 15 is 0 Å². The van der Waals surface area contributed by atoms with E-state index in [0.717, 1.165) is 19.3 Å². The van der Waals surface area contributed by atoms with E-state index < -0.39 is 5.15 Å². The molecule has 2 nitrogen and oxygen atoms in total. The quantitative estimate of drug-likeness (QED) is 0.390. The Labute approximate surface area is 194 Å². The summed E-state index contributed by atoms with van der Waals surface area (Å²) >= 11 is 6.59. The van der Waals surface area contributed by atoms with E-state index in [4.69, 9.17) is 54.3 Å². The summed E-state index contributed by atoms with van der Waals surface area (Å²) in [6.07, 6.45) is 12.7. The van der Waals surface area contributed by atoms with Crippen molar-refractivity contribution in [1.29, 1.82) is 0 Å². The first-order chi connectivity index (χ1) is 13.5. The van der Waals surface area contributed by atoms with Gasteiger partial charge in [-0.15, -0.1) is 0 Å². The van der Waals surface area contributed by atoms with E-state index in [1.807, 2.05) is 22.9 Å². The molecule has 4 saturated carbocycles. The van der Waals surface area contributed by atoms with E-state index in [1.54, 1.807) is 24.7 Å². The van der Waals surface area contributed by atoms with Crippen molar-refractivity contribution >= 4 is 59.5 Å². The third-order valence-electron chi connectivity index (χ3n) is 7.57. The van der Waals surface area contributed by atoms with E-state index in [0.29, 0.717) is 34.2 Å². The maximum absolute atomic E-state index is 7.39. The molecule has 4 aliphatic carbocycles. The van der Waals surface area contributed by atoms with E-state index in [1.165, 1.54) is 19.3 Å². The van der Waals surface area contributed by atoms with Gasteiger partial charge in [0.1, 0.15) is 0 Å². The zero-order valence-electron chi connectivity index (χ0n) is 16.0. The zero-order valence-corrected chi connectivity index (χ0v) is 20.6. The SMILES string of the molecule is Clc1ccccc1S(Cl)(Cl)(Cl)(Cl)C(Cn1ccnc1)C12CC3CC(CC(C3)C1)C2. The highest BCUT2D eigenvalue weighted by molar-refractivity contribution is 9.14. The minimum Gasteiger partial charge on any atom is -0.336 e. The Morgan fingerprint density at radius 2 is 1.59 bits per heavy atom. The third-order valence-corrected chi connectivity index (χ3v) is 15.7. The molecule has 6 rings (SSSR count). The Kier molecular flexibility index (Phi) is 4.65. The Hall–Kier alpha value is 0.230. The molecule has 1 heterocycles. The molecule has 1 unspecified atom stereocenters. The van der Waals surface area contributed by atoms with Gasteiger partial charge in [0, 0.05) is 29.1 Å². The van der Waals surface area contributed by atoms with Crippen LogP contribution in [0.1, 0.15) is 38.5 Å². The van der Waals surface area contributed by atoms with Gasteiger partial charge in [-0.3, -0.25) is 0 Å². The highest BCUT2D eigenvalue weighted by Gasteiger charge is 2.71. The van der Waals surface area contributed by atoms with Crippen LogP contribution >= 0.6 is 59.5 Å². The van der Waals surface area contributed by atoms with Crippen LogP contribution in [0.15, 0.2) is 47.9 Å². The van der Waals surface area contributed by atoms with Crippen molar-refractivity contribution in [2.24, 2.45) is 23.2 Å². The molecule has 1 aromatic heterocycles. The number of hydrogen-bond acceptors (Lipinski definition) is 1. The first-order valence-corrected chi connectivity index (χ1v) is 16.4. The molecule has 4 bridgehead atoms. The summed E-state index contributed by atoms with van der Waals surface area (Å²) in [7, 11) is 29.6. The molecular weight excluding hydrogens is 490 g/mol. The smallest absolute Gasteiger partial charge is 0.0946 e. The number of rotatable bonds is 5. The number of imidazole rings is 1. The number of halogens is 5. The number of nitrogens with zero attached hydrogens (tertiary/aromatic N) is 2. The second-order valence-corrected chi connectivity index (χ2v) is 25.7. The van der Waals surface area contributed by atoms with Gasteiger partial charge in [-0.2, -0.15) is 0 Å². The van der Waals surface area contributed by atoms with Crippen molar-refractivity contribution < 1.29 is 0 Å². The topological polar surface area (TPSA) is 17.8 Å². The van der Waals surface area contributed by atoms with Crippen LogP contribution in [0.5, 0.6) is 0 Å². The van der Waals surface area contributed by atoms with Gasteiger partial charge in [-0.25, -0.2) is 4.98 Å². The summed E-state index contributed by atoms with van der Waals surface area (Å²) in [4.78, 5) is 4.68. The molecule has 0 amide bonds. The van der Waals surface area contributed by atoms with Gasteiger partial charge in [0.15, 0.2) is 0 Å². The zero-order chi connectivity index (χ0) is 20.6. The molecule has 1 aromatic carbocycles. The minimum atomic E-state index is -4.85. The number of aromatic nitrogens is 2. The van der Waals surface area contributed by atoms with Crippen LogP contribution in [0.3, 0.4) is 0 Å². The van der Waals surface area contributed by atoms with Gasteiger partial charge in [-0.1, -0.05) is 23.7 Å². The maximum atomic E-state index is 7.39. The fourth-order valence-electron chi connectivity index (χ4n) is 6.95. The van der Waals surface area contributed by atoms with Crippen LogP contribution in [-0.2, 0) is 6.54 Å². The summed E-state index contributed by atoms with van der Waals surface area (Å²) in [5.74, 6) is 2.15. The molecule has 0 radical (unpaired) electrons. The van der Waals surface area contributed by atoms with Crippen molar-refractivity contribution in [2.75, 3.05) is 0 Å². The highest BCUT2D eigenvalue weighted by atomic mass is 36.4. The van der Waals surface area contributed by atoms with Crippen LogP contribution in [0.4, 0.5) is 0 Å². The van der Waals surface area contributed by atoms with Crippen LogP contribution < -0.4 is 0 Å². The van der Waals surface area contributed by atoms with Crippen molar-refractivity contribution in [3.63, 3.8) is 0 Å². The molecular formula is C21H25Cl5N2S. The van der Waals surface area contributed by atoms with E-state index in [2.05, 4.69) is 4.98 Å². The Morgan fingerprint density at radius 3 is 2.10 bits per heavy atom. The molecule has 4 fully saturated rings. The summed E-state index contributed by atoms with van der Waals surface area (Å²) in [6.45, 7) is 0.527. The second-order valence-electron chi connectivity index (χ2n) is 9.59. The van der Waals surface area contributed by atoms with Crippen molar-refractivity contribution in [3.05, 3.63) is 48.0 Å². The minimum absolute atomic E-state index is 0.0905. The molecule has 0 aliphatic heterocycles. The van der Waals surface area contributed by atoms with Crippen molar-refractivity contribution in [3.8, 4) is 0 Å². The second kappa shape index (κ2) is 6.39. The summed E-state index contributed by atoms with van der Waals surface area (Å²) in [5, 5.41) is -4.78. The van der Waals surface area contributed by atoms with Gasteiger partial charge in [0.25, 0.3) is 0 Å². The van der Waals surface area contributed by atoms with Gasteiger partial charge < -0.3 is 4.57 Å². The Bertz CT molecular complexity index is 901. The van der Waals surface area contributed by atoms with Crippen molar-refractivity contribution in [2.45, 2.75) is 55.2 Å². The molecule has 29 heavy (non-hydrogen) atoms. The predicted octanol–water partition coefficient (Wildman–Crippen LogP) is 8.67. The molecule has 1 atom stereocenters. The van der Waals surface area contributed by atoms with Gasteiger partial charge in [0.05, 0.1) is 11.3 Å². The predicted molar refractivity (Wildman–Crippen MR) is 127 cm³/mol. The van der Waals surface area contributed by atoms with Gasteiger partial charge in [0.2, 0.25) is 0 Å².